The van der Waals surface area contributed by atoms with Crippen LogP contribution in [0.25, 0.3) is 10.8 Å². The minimum atomic E-state index is 0.608. The maximum absolute atomic E-state index is 5.88. The van der Waals surface area contributed by atoms with Gasteiger partial charge in [-0.15, -0.1) is 0 Å². The first kappa shape index (κ1) is 13.8. The fourth-order valence-corrected chi connectivity index (χ4v) is 2.37. The van der Waals surface area contributed by atoms with Gasteiger partial charge in [0.05, 0.1) is 0 Å². The molecule has 1 N–H and O–H groups in total. The van der Waals surface area contributed by atoms with Crippen LogP contribution in [0.4, 0.5) is 5.69 Å². The molecule has 0 bridgehead atoms. The standard InChI is InChI=1S/C18H16ClNO/c19-15-8-10-16(11-9-15)20-12-13-21-18-7-3-5-14-4-1-2-6-17(14)18/h1-11,20H,12-13H2. The summed E-state index contributed by atoms with van der Waals surface area (Å²) in [7, 11) is 0. The van der Waals surface area contributed by atoms with Gasteiger partial charge in [0.25, 0.3) is 0 Å². The smallest absolute Gasteiger partial charge is 0.127 e. The molecule has 2 nitrogen and oxygen atoms in total. The van der Waals surface area contributed by atoms with E-state index >= 15 is 0 Å². The summed E-state index contributed by atoms with van der Waals surface area (Å²) < 4.78 is 5.88. The molecule has 0 aliphatic heterocycles. The van der Waals surface area contributed by atoms with Gasteiger partial charge in [0.2, 0.25) is 0 Å². The van der Waals surface area contributed by atoms with Gasteiger partial charge >= 0.3 is 0 Å². The van der Waals surface area contributed by atoms with Gasteiger partial charge in [-0.1, -0.05) is 48.0 Å². The van der Waals surface area contributed by atoms with E-state index in [1.54, 1.807) is 0 Å². The number of ether oxygens (including phenoxy) is 1. The average Bonchev–Trinajstić information content (AvgIpc) is 2.53. The van der Waals surface area contributed by atoms with Crippen molar-refractivity contribution in [3.63, 3.8) is 0 Å². The highest BCUT2D eigenvalue weighted by Gasteiger charge is 2.00. The van der Waals surface area contributed by atoms with Gasteiger partial charge in [-0.3, -0.25) is 0 Å². The lowest BCUT2D eigenvalue weighted by molar-refractivity contribution is 0.337. The van der Waals surface area contributed by atoms with Crippen LogP contribution in [0, 0.1) is 0 Å². The Labute approximate surface area is 129 Å². The molecule has 0 spiro atoms. The Bertz CT molecular complexity index is 719. The lowest BCUT2D eigenvalue weighted by Gasteiger charge is -2.10. The topological polar surface area (TPSA) is 21.3 Å². The van der Waals surface area contributed by atoms with Crippen molar-refractivity contribution in [1.82, 2.24) is 0 Å². The van der Waals surface area contributed by atoms with Crippen LogP contribution < -0.4 is 10.1 Å². The van der Waals surface area contributed by atoms with Crippen molar-refractivity contribution in [1.29, 1.82) is 0 Å². The van der Waals surface area contributed by atoms with Gasteiger partial charge < -0.3 is 10.1 Å². The maximum atomic E-state index is 5.88. The Hall–Kier alpha value is -2.19. The monoisotopic (exact) mass is 297 g/mol. The lowest BCUT2D eigenvalue weighted by Crippen LogP contribution is -2.11. The van der Waals surface area contributed by atoms with E-state index in [0.29, 0.717) is 6.61 Å². The van der Waals surface area contributed by atoms with Gasteiger partial charge in [-0.2, -0.15) is 0 Å². The second kappa shape index (κ2) is 6.51. The highest BCUT2D eigenvalue weighted by atomic mass is 35.5. The first-order valence-corrected chi connectivity index (χ1v) is 7.31. The molecule has 0 amide bonds. The van der Waals surface area contributed by atoms with Crippen LogP contribution in [0.5, 0.6) is 5.75 Å². The molecule has 0 aromatic heterocycles. The molecule has 0 aliphatic carbocycles. The molecule has 3 rings (SSSR count). The Morgan fingerprint density at radius 1 is 0.857 bits per heavy atom. The number of benzene rings is 3. The molecule has 0 radical (unpaired) electrons. The van der Waals surface area contributed by atoms with Gasteiger partial charge in [-0.25, -0.2) is 0 Å². The van der Waals surface area contributed by atoms with Crippen LogP contribution in [-0.4, -0.2) is 13.2 Å². The highest BCUT2D eigenvalue weighted by molar-refractivity contribution is 6.30. The number of hydrogen-bond donors (Lipinski definition) is 1. The first-order chi connectivity index (χ1) is 10.3. The molecule has 3 aromatic carbocycles. The predicted octanol–water partition coefficient (Wildman–Crippen LogP) is 4.98. The fourth-order valence-electron chi connectivity index (χ4n) is 2.25. The third-order valence-electron chi connectivity index (χ3n) is 3.28. The quantitative estimate of drug-likeness (QED) is 0.670. The van der Waals surface area contributed by atoms with E-state index in [0.717, 1.165) is 28.4 Å². The first-order valence-electron chi connectivity index (χ1n) is 6.93. The molecule has 0 aliphatic rings. The summed E-state index contributed by atoms with van der Waals surface area (Å²) in [5.74, 6) is 0.922. The number of rotatable bonds is 5. The largest absolute Gasteiger partial charge is 0.491 e. The second-order valence-corrected chi connectivity index (χ2v) is 5.20. The summed E-state index contributed by atoms with van der Waals surface area (Å²) >= 11 is 5.86. The number of hydrogen-bond acceptors (Lipinski definition) is 2. The van der Waals surface area contributed by atoms with E-state index in [2.05, 4.69) is 23.5 Å². The summed E-state index contributed by atoms with van der Waals surface area (Å²) in [6, 6.07) is 22.0. The van der Waals surface area contributed by atoms with Crippen molar-refractivity contribution in [2.45, 2.75) is 0 Å². The number of fused-ring (bicyclic) bond motifs is 1. The van der Waals surface area contributed by atoms with E-state index in [9.17, 15) is 0 Å². The van der Waals surface area contributed by atoms with E-state index in [1.807, 2.05) is 48.5 Å². The van der Waals surface area contributed by atoms with Crippen molar-refractivity contribution in [3.8, 4) is 5.75 Å². The molecule has 0 saturated carbocycles. The van der Waals surface area contributed by atoms with Crippen LogP contribution >= 0.6 is 11.6 Å². The molecule has 0 fully saturated rings. The number of nitrogens with one attached hydrogen (secondary N) is 1. The van der Waals surface area contributed by atoms with Crippen molar-refractivity contribution in [2.75, 3.05) is 18.5 Å². The van der Waals surface area contributed by atoms with Gasteiger partial charge in [0.15, 0.2) is 0 Å². The summed E-state index contributed by atoms with van der Waals surface area (Å²) in [6.07, 6.45) is 0. The van der Waals surface area contributed by atoms with Crippen molar-refractivity contribution >= 4 is 28.1 Å². The van der Waals surface area contributed by atoms with Crippen LogP contribution in [0.2, 0.25) is 5.02 Å². The number of halogens is 1. The molecule has 0 saturated heterocycles. The molecular formula is C18H16ClNO. The summed E-state index contributed by atoms with van der Waals surface area (Å²) in [6.45, 7) is 1.35. The summed E-state index contributed by atoms with van der Waals surface area (Å²) in [5.41, 5.74) is 1.04. The zero-order chi connectivity index (χ0) is 14.5. The molecule has 0 heterocycles. The van der Waals surface area contributed by atoms with Gasteiger partial charge in [0, 0.05) is 22.6 Å². The summed E-state index contributed by atoms with van der Waals surface area (Å²) in [4.78, 5) is 0. The Morgan fingerprint density at radius 3 is 2.48 bits per heavy atom. The SMILES string of the molecule is Clc1ccc(NCCOc2cccc3ccccc23)cc1. The third-order valence-corrected chi connectivity index (χ3v) is 3.53. The van der Waals surface area contributed by atoms with Gasteiger partial charge in [-0.05, 0) is 35.7 Å². The Balaban J connectivity index is 1.58. The molecule has 3 aromatic rings. The molecular weight excluding hydrogens is 282 g/mol. The summed E-state index contributed by atoms with van der Waals surface area (Å²) in [5, 5.41) is 6.39. The minimum absolute atomic E-state index is 0.608. The van der Waals surface area contributed by atoms with Gasteiger partial charge in [0.1, 0.15) is 12.4 Å². The van der Waals surface area contributed by atoms with E-state index < -0.39 is 0 Å². The predicted molar refractivity (Wildman–Crippen MR) is 89.4 cm³/mol. The Kier molecular flexibility index (Phi) is 4.27. The van der Waals surface area contributed by atoms with Crippen LogP contribution in [0.3, 0.4) is 0 Å². The van der Waals surface area contributed by atoms with Crippen LogP contribution in [0.15, 0.2) is 66.7 Å². The zero-order valence-electron chi connectivity index (χ0n) is 11.6. The molecule has 0 unspecified atom stereocenters. The zero-order valence-corrected chi connectivity index (χ0v) is 12.3. The van der Waals surface area contributed by atoms with E-state index in [1.165, 1.54) is 5.39 Å². The lowest BCUT2D eigenvalue weighted by atomic mass is 10.1. The fraction of sp³-hybridized carbons (Fsp3) is 0.111. The van der Waals surface area contributed by atoms with Crippen molar-refractivity contribution < 1.29 is 4.74 Å². The van der Waals surface area contributed by atoms with E-state index in [-0.39, 0.29) is 0 Å². The Morgan fingerprint density at radius 2 is 1.62 bits per heavy atom. The highest BCUT2D eigenvalue weighted by Crippen LogP contribution is 2.25. The molecule has 106 valence electrons. The molecule has 0 atom stereocenters. The van der Waals surface area contributed by atoms with Crippen LogP contribution in [0.1, 0.15) is 0 Å². The second-order valence-electron chi connectivity index (χ2n) is 4.76. The molecule has 21 heavy (non-hydrogen) atoms. The van der Waals surface area contributed by atoms with E-state index in [4.69, 9.17) is 16.3 Å². The average molecular weight is 298 g/mol. The number of anilines is 1. The minimum Gasteiger partial charge on any atom is -0.491 e. The normalized spacial score (nSPS) is 10.5. The van der Waals surface area contributed by atoms with Crippen molar-refractivity contribution in [2.24, 2.45) is 0 Å². The third kappa shape index (κ3) is 3.47. The van der Waals surface area contributed by atoms with Crippen molar-refractivity contribution in [3.05, 3.63) is 71.8 Å². The maximum Gasteiger partial charge on any atom is 0.127 e. The molecule has 3 heteroatoms. The van der Waals surface area contributed by atoms with Crippen LogP contribution in [-0.2, 0) is 0 Å².